The number of piperidine rings is 1. The van der Waals surface area contributed by atoms with E-state index in [1.165, 1.54) is 7.11 Å². The Balaban J connectivity index is 1.47. The second-order valence-electron chi connectivity index (χ2n) is 11.9. The number of anilines is 1. The zero-order chi connectivity index (χ0) is 29.5. The van der Waals surface area contributed by atoms with Crippen LogP contribution in [0.3, 0.4) is 0 Å². The van der Waals surface area contributed by atoms with Gasteiger partial charge in [-0.1, -0.05) is 54.6 Å². The number of ether oxygens (including phenoxy) is 5. The minimum Gasteiger partial charge on any atom is -0.468 e. The molecule has 0 radical (unpaired) electrons. The number of hydrogen-bond acceptors (Lipinski definition) is 10. The average molecular weight is 575 g/mol. The molecule has 4 heterocycles. The van der Waals surface area contributed by atoms with Gasteiger partial charge in [-0.2, -0.15) is 0 Å². The Morgan fingerprint density at radius 3 is 2.50 bits per heavy atom. The number of para-hydroxylation sites is 1. The Morgan fingerprint density at radius 2 is 1.81 bits per heavy atom. The molecule has 4 fully saturated rings. The van der Waals surface area contributed by atoms with Crippen molar-refractivity contribution in [1.82, 2.24) is 4.90 Å². The quantitative estimate of drug-likeness (QED) is 0.239. The lowest BCUT2D eigenvalue weighted by Crippen LogP contribution is -2.86. The summed E-state index contributed by atoms with van der Waals surface area (Å²) < 4.78 is 30.4. The molecule has 3 saturated heterocycles. The molecule has 10 nitrogen and oxygen atoms in total. The number of methoxy groups -OCH3 is 2. The lowest BCUT2D eigenvalue weighted by molar-refractivity contribution is -0.258. The maximum absolute atomic E-state index is 14.9. The molecule has 10 heteroatoms. The fraction of sp³-hybridized carbons (Fsp3) is 0.469. The highest BCUT2D eigenvalue weighted by Crippen LogP contribution is 2.75. The van der Waals surface area contributed by atoms with Gasteiger partial charge in [0.1, 0.15) is 12.2 Å². The van der Waals surface area contributed by atoms with Crippen LogP contribution in [0.2, 0.25) is 0 Å². The number of esters is 3. The van der Waals surface area contributed by atoms with E-state index in [-0.39, 0.29) is 19.1 Å². The molecule has 42 heavy (non-hydrogen) atoms. The number of carbonyl (C=O) groups excluding carboxylic acids is 3. The molecular weight excluding hydrogens is 540 g/mol. The van der Waals surface area contributed by atoms with Gasteiger partial charge in [-0.15, -0.1) is 0 Å². The summed E-state index contributed by atoms with van der Waals surface area (Å²) >= 11 is 0. The SMILES string of the molecule is COC(=O)[C@@]1(C(=O)OCC=Cc2ccccc2)[C@H]2[C@@H](OC)[C@H](N(C)C[C@@]23O[C@H]3C)[C@]23Nc4ccccc4[C@@]12CC(=O)O3. The molecule has 2 aromatic carbocycles. The first-order valence-electron chi connectivity index (χ1n) is 14.2. The monoisotopic (exact) mass is 574 g/mol. The summed E-state index contributed by atoms with van der Waals surface area (Å²) in [5.41, 5.74) is -3.79. The van der Waals surface area contributed by atoms with E-state index in [1.807, 2.05) is 74.6 Å². The number of epoxide rings is 1. The van der Waals surface area contributed by atoms with E-state index in [0.29, 0.717) is 17.8 Å². The molecule has 1 spiro atoms. The second kappa shape index (κ2) is 9.13. The van der Waals surface area contributed by atoms with E-state index in [9.17, 15) is 14.4 Å². The van der Waals surface area contributed by atoms with Gasteiger partial charge in [-0.05, 0) is 37.2 Å². The van der Waals surface area contributed by atoms with E-state index in [0.717, 1.165) is 5.56 Å². The van der Waals surface area contributed by atoms with Crippen molar-refractivity contribution >= 4 is 29.7 Å². The predicted octanol–water partition coefficient (Wildman–Crippen LogP) is 2.53. The van der Waals surface area contributed by atoms with Crippen LogP contribution in [0.15, 0.2) is 60.7 Å². The molecular formula is C32H34N2O8. The van der Waals surface area contributed by atoms with Gasteiger partial charge >= 0.3 is 17.9 Å². The summed E-state index contributed by atoms with van der Waals surface area (Å²) in [6.45, 7) is 2.21. The fourth-order valence-corrected chi connectivity index (χ4v) is 8.88. The van der Waals surface area contributed by atoms with Crippen LogP contribution in [0, 0.1) is 11.3 Å². The van der Waals surface area contributed by atoms with Gasteiger partial charge in [0.25, 0.3) is 0 Å². The van der Waals surface area contributed by atoms with Gasteiger partial charge in [-0.3, -0.25) is 19.3 Å². The summed E-state index contributed by atoms with van der Waals surface area (Å²) in [5.74, 6) is -2.99. The maximum atomic E-state index is 14.9. The molecule has 8 atom stereocenters. The minimum absolute atomic E-state index is 0.101. The highest BCUT2D eigenvalue weighted by Gasteiger charge is 2.93. The van der Waals surface area contributed by atoms with Crippen LogP contribution in [-0.2, 0) is 43.5 Å². The van der Waals surface area contributed by atoms with Crippen molar-refractivity contribution in [2.45, 2.75) is 48.3 Å². The number of fused-ring (bicyclic) bond motifs is 4. The first-order chi connectivity index (χ1) is 20.2. The number of nitrogens with zero attached hydrogens (tertiary/aromatic N) is 1. The molecule has 4 aliphatic heterocycles. The summed E-state index contributed by atoms with van der Waals surface area (Å²) in [4.78, 5) is 45.1. The minimum atomic E-state index is -2.06. The van der Waals surface area contributed by atoms with Crippen molar-refractivity contribution in [2.75, 3.05) is 39.7 Å². The Labute approximate surface area is 243 Å². The third kappa shape index (κ3) is 3.07. The van der Waals surface area contributed by atoms with Gasteiger partial charge in [0, 0.05) is 25.3 Å². The molecule has 0 aromatic heterocycles. The zero-order valence-electron chi connectivity index (χ0n) is 24.0. The molecule has 1 aliphatic carbocycles. The van der Waals surface area contributed by atoms with Crippen LogP contribution >= 0.6 is 0 Å². The van der Waals surface area contributed by atoms with E-state index in [4.69, 9.17) is 23.7 Å². The van der Waals surface area contributed by atoms with Crippen molar-refractivity contribution < 1.29 is 38.1 Å². The van der Waals surface area contributed by atoms with Gasteiger partial charge in [0.05, 0.1) is 37.2 Å². The zero-order valence-corrected chi connectivity index (χ0v) is 24.0. The Hall–Kier alpha value is -3.73. The third-order valence-corrected chi connectivity index (χ3v) is 10.3. The Bertz CT molecular complexity index is 1500. The summed E-state index contributed by atoms with van der Waals surface area (Å²) in [7, 11) is 4.73. The Morgan fingerprint density at radius 1 is 1.10 bits per heavy atom. The summed E-state index contributed by atoms with van der Waals surface area (Å²) in [6.07, 6.45) is 2.28. The fourth-order valence-electron chi connectivity index (χ4n) is 8.88. The molecule has 5 aliphatic rings. The second-order valence-corrected chi connectivity index (χ2v) is 11.9. The smallest absolute Gasteiger partial charge is 0.325 e. The van der Waals surface area contributed by atoms with Crippen molar-refractivity contribution in [3.05, 3.63) is 71.8 Å². The molecule has 1 saturated carbocycles. The largest absolute Gasteiger partial charge is 0.468 e. The van der Waals surface area contributed by atoms with E-state index >= 15 is 0 Å². The number of benzene rings is 2. The average Bonchev–Trinajstić information content (AvgIpc) is 3.37. The number of nitrogens with one attached hydrogen (secondary N) is 1. The Kier molecular flexibility index (Phi) is 5.90. The lowest BCUT2D eigenvalue weighted by Gasteiger charge is -2.65. The molecule has 2 bridgehead atoms. The van der Waals surface area contributed by atoms with Crippen molar-refractivity contribution in [3.8, 4) is 0 Å². The standard InChI is InChI=1S/C32H34N2O8/c1-19-29(41-19)18-34(2)26-24(38-3)25(29)31(27(36)39-4,28(37)40-16-10-13-20-11-6-5-7-12-20)30-17-23(35)42-32(26,30)33-22-15-9-8-14-21(22)30/h5-15,19,24-26,33H,16-18H2,1-4H3/t19-,24+,25-,26-,29-,30-,31+,32+/m0/s1. The highest BCUT2D eigenvalue weighted by atomic mass is 16.6. The summed E-state index contributed by atoms with van der Waals surface area (Å²) in [5, 5.41) is 3.48. The number of carbonyl (C=O) groups is 3. The van der Waals surface area contributed by atoms with Crippen LogP contribution in [0.4, 0.5) is 5.69 Å². The predicted molar refractivity (Wildman–Crippen MR) is 150 cm³/mol. The van der Waals surface area contributed by atoms with Crippen LogP contribution in [0.25, 0.3) is 6.08 Å². The van der Waals surface area contributed by atoms with Gasteiger partial charge in [-0.25, -0.2) is 0 Å². The number of hydrogen-bond donors (Lipinski definition) is 1. The first kappa shape index (κ1) is 27.1. The van der Waals surface area contributed by atoms with E-state index in [2.05, 4.69) is 10.2 Å². The van der Waals surface area contributed by atoms with Crippen LogP contribution < -0.4 is 5.32 Å². The molecule has 1 N–H and O–H groups in total. The van der Waals surface area contributed by atoms with E-state index < -0.39 is 58.1 Å². The molecule has 7 rings (SSSR count). The topological polar surface area (TPSA) is 116 Å². The summed E-state index contributed by atoms with van der Waals surface area (Å²) in [6, 6.07) is 16.5. The molecule has 2 aromatic rings. The van der Waals surface area contributed by atoms with Crippen molar-refractivity contribution in [3.63, 3.8) is 0 Å². The molecule has 220 valence electrons. The molecule has 0 unspecified atom stereocenters. The van der Waals surface area contributed by atoms with Crippen LogP contribution in [0.5, 0.6) is 0 Å². The van der Waals surface area contributed by atoms with Crippen molar-refractivity contribution in [1.29, 1.82) is 0 Å². The van der Waals surface area contributed by atoms with Gasteiger partial charge in [0.15, 0.2) is 5.41 Å². The van der Waals surface area contributed by atoms with Crippen LogP contribution in [0.1, 0.15) is 24.5 Å². The number of rotatable bonds is 6. The van der Waals surface area contributed by atoms with Gasteiger partial charge in [0.2, 0.25) is 5.72 Å². The third-order valence-electron chi connectivity index (χ3n) is 10.3. The van der Waals surface area contributed by atoms with Crippen LogP contribution in [-0.4, -0.2) is 86.8 Å². The van der Waals surface area contributed by atoms with Gasteiger partial charge < -0.3 is 29.0 Å². The highest BCUT2D eigenvalue weighted by molar-refractivity contribution is 6.06. The number of likely N-dealkylation sites (N-methyl/N-ethyl adjacent to an activating group) is 1. The maximum Gasteiger partial charge on any atom is 0.325 e. The van der Waals surface area contributed by atoms with E-state index in [1.54, 1.807) is 13.2 Å². The lowest BCUT2D eigenvalue weighted by atomic mass is 9.41. The molecule has 0 amide bonds. The normalized spacial score (nSPS) is 39.2. The number of likely N-dealkylation sites (tertiary alicyclic amines) is 1. The van der Waals surface area contributed by atoms with Crippen molar-refractivity contribution in [2.24, 2.45) is 11.3 Å². The first-order valence-corrected chi connectivity index (χ1v) is 14.2.